The molecule has 0 spiro atoms. The molecule has 0 radical (unpaired) electrons. The number of rotatable bonds is 0. The molecule has 8 N–H and O–H groups in total. The molecule has 184 valence electrons. The molecular weight excluding hydrogens is 464 g/mol. The standard InChI is InChI=1S/C28H24O8/c29-21-5-13-1-14-6-22(30)24(32)8-16(14)3-18-10-26(34)28(36)12-20(18)4-19-11-27(35)25(33)9-17(19)2-15(13)7-23(21)31/h5-12,29-36H,1-4H2. The van der Waals surface area contributed by atoms with Gasteiger partial charge in [0.15, 0.2) is 46.0 Å². The third-order valence-electron chi connectivity index (χ3n) is 6.71. The lowest BCUT2D eigenvalue weighted by Crippen LogP contribution is -2.07. The van der Waals surface area contributed by atoms with Crippen molar-refractivity contribution in [3.8, 4) is 46.0 Å². The first-order valence-corrected chi connectivity index (χ1v) is 11.2. The molecule has 0 saturated carbocycles. The summed E-state index contributed by atoms with van der Waals surface area (Å²) in [5, 5.41) is 81.7. The summed E-state index contributed by atoms with van der Waals surface area (Å²) in [6, 6.07) is 11.5. The van der Waals surface area contributed by atoms with Crippen molar-refractivity contribution in [2.75, 3.05) is 0 Å². The number of hydrogen-bond donors (Lipinski definition) is 8. The monoisotopic (exact) mass is 488 g/mol. The van der Waals surface area contributed by atoms with Crippen LogP contribution in [0.3, 0.4) is 0 Å². The predicted molar refractivity (Wildman–Crippen MR) is 130 cm³/mol. The van der Waals surface area contributed by atoms with Crippen LogP contribution in [0.25, 0.3) is 0 Å². The van der Waals surface area contributed by atoms with Gasteiger partial charge in [0.25, 0.3) is 0 Å². The maximum absolute atomic E-state index is 10.2. The Balaban J connectivity index is 1.79. The van der Waals surface area contributed by atoms with Crippen molar-refractivity contribution in [2.45, 2.75) is 25.7 Å². The largest absolute Gasteiger partial charge is 0.504 e. The number of aromatic hydroxyl groups is 8. The maximum atomic E-state index is 10.2. The number of phenols is 8. The van der Waals surface area contributed by atoms with Crippen molar-refractivity contribution in [1.29, 1.82) is 0 Å². The van der Waals surface area contributed by atoms with Gasteiger partial charge in [0, 0.05) is 0 Å². The molecule has 5 rings (SSSR count). The first-order valence-electron chi connectivity index (χ1n) is 11.2. The molecule has 1 aliphatic rings. The van der Waals surface area contributed by atoms with Crippen LogP contribution in [0.1, 0.15) is 44.5 Å². The van der Waals surface area contributed by atoms with E-state index in [1.165, 1.54) is 48.5 Å². The van der Waals surface area contributed by atoms with Gasteiger partial charge in [-0.3, -0.25) is 0 Å². The lowest BCUT2D eigenvalue weighted by molar-refractivity contribution is 0.401. The average molecular weight is 488 g/mol. The van der Waals surface area contributed by atoms with Crippen molar-refractivity contribution in [3.63, 3.8) is 0 Å². The van der Waals surface area contributed by atoms with E-state index in [0.29, 0.717) is 44.5 Å². The van der Waals surface area contributed by atoms with Crippen LogP contribution in [-0.4, -0.2) is 40.9 Å². The van der Waals surface area contributed by atoms with E-state index in [4.69, 9.17) is 0 Å². The zero-order chi connectivity index (χ0) is 25.7. The lowest BCUT2D eigenvalue weighted by Gasteiger charge is -2.20. The minimum Gasteiger partial charge on any atom is -0.504 e. The average Bonchev–Trinajstić information content (AvgIpc) is 2.81. The fourth-order valence-electron chi connectivity index (χ4n) is 4.79. The van der Waals surface area contributed by atoms with Gasteiger partial charge in [-0.25, -0.2) is 0 Å². The van der Waals surface area contributed by atoms with Gasteiger partial charge >= 0.3 is 0 Å². The first kappa shape index (κ1) is 23.0. The van der Waals surface area contributed by atoms with Crippen LogP contribution >= 0.6 is 0 Å². The summed E-state index contributed by atoms with van der Waals surface area (Å²) in [5.41, 5.74) is 5.14. The van der Waals surface area contributed by atoms with Crippen LogP contribution < -0.4 is 0 Å². The van der Waals surface area contributed by atoms with Crippen LogP contribution in [0.5, 0.6) is 46.0 Å². The van der Waals surface area contributed by atoms with Gasteiger partial charge in [0.2, 0.25) is 0 Å². The second-order valence-electron chi connectivity index (χ2n) is 9.15. The fourth-order valence-corrected chi connectivity index (χ4v) is 4.79. The minimum atomic E-state index is -0.315. The molecule has 0 atom stereocenters. The SMILES string of the molecule is Oc1cc2c(cc1O)Cc1cc(O)c(O)cc1Cc1cc(O)c(O)cc1Cc1cc(O)c(O)cc1C2. The van der Waals surface area contributed by atoms with Gasteiger partial charge in [0.05, 0.1) is 0 Å². The molecule has 0 amide bonds. The van der Waals surface area contributed by atoms with Gasteiger partial charge < -0.3 is 40.9 Å². The molecule has 1 aliphatic carbocycles. The molecule has 8 heteroatoms. The van der Waals surface area contributed by atoms with Crippen molar-refractivity contribution >= 4 is 0 Å². The van der Waals surface area contributed by atoms with E-state index in [9.17, 15) is 40.9 Å². The highest BCUT2D eigenvalue weighted by atomic mass is 16.3. The number of hydrogen-bond acceptors (Lipinski definition) is 8. The van der Waals surface area contributed by atoms with Crippen molar-refractivity contribution in [2.24, 2.45) is 0 Å². The summed E-state index contributed by atoms with van der Waals surface area (Å²) in [5.74, 6) is -2.52. The van der Waals surface area contributed by atoms with E-state index in [0.717, 1.165) is 0 Å². The third kappa shape index (κ3) is 4.13. The van der Waals surface area contributed by atoms with Gasteiger partial charge in [-0.2, -0.15) is 0 Å². The van der Waals surface area contributed by atoms with Gasteiger partial charge in [-0.05, 0) is 119 Å². The number of phenolic OH excluding ortho intramolecular Hbond substituents is 8. The molecule has 0 aliphatic heterocycles. The summed E-state index contributed by atoms with van der Waals surface area (Å²) >= 11 is 0. The summed E-state index contributed by atoms with van der Waals surface area (Å²) in [7, 11) is 0. The molecule has 4 aromatic carbocycles. The van der Waals surface area contributed by atoms with Gasteiger partial charge in [0.1, 0.15) is 0 Å². The second kappa shape index (κ2) is 8.49. The van der Waals surface area contributed by atoms with E-state index >= 15 is 0 Å². The summed E-state index contributed by atoms with van der Waals surface area (Å²) in [6.07, 6.45) is 0.909. The predicted octanol–water partition coefficient (Wildman–Crippen LogP) is 4.01. The molecule has 0 fully saturated rings. The maximum Gasteiger partial charge on any atom is 0.157 e. The van der Waals surface area contributed by atoms with Crippen LogP contribution in [0.4, 0.5) is 0 Å². The summed E-state index contributed by atoms with van der Waals surface area (Å²) in [4.78, 5) is 0. The Hall–Kier alpha value is -4.72. The molecular formula is C28H24O8. The van der Waals surface area contributed by atoms with E-state index in [-0.39, 0.29) is 71.7 Å². The molecule has 0 saturated heterocycles. The van der Waals surface area contributed by atoms with E-state index in [1.54, 1.807) is 0 Å². The molecule has 0 aromatic heterocycles. The van der Waals surface area contributed by atoms with Gasteiger partial charge in [-0.15, -0.1) is 0 Å². The Morgan fingerprint density at radius 3 is 0.472 bits per heavy atom. The zero-order valence-corrected chi connectivity index (χ0v) is 19.0. The molecule has 0 unspecified atom stereocenters. The van der Waals surface area contributed by atoms with Crippen LogP contribution in [0.2, 0.25) is 0 Å². The molecule has 0 bridgehead atoms. The number of benzene rings is 4. The normalized spacial score (nSPS) is 12.9. The zero-order valence-electron chi connectivity index (χ0n) is 19.0. The van der Waals surface area contributed by atoms with Crippen molar-refractivity contribution in [3.05, 3.63) is 93.0 Å². The van der Waals surface area contributed by atoms with E-state index in [2.05, 4.69) is 0 Å². The highest BCUT2D eigenvalue weighted by Gasteiger charge is 2.20. The molecule has 36 heavy (non-hydrogen) atoms. The minimum absolute atomic E-state index is 0.227. The van der Waals surface area contributed by atoms with E-state index in [1.807, 2.05) is 0 Å². The third-order valence-corrected chi connectivity index (χ3v) is 6.71. The Morgan fingerprint density at radius 2 is 0.361 bits per heavy atom. The Morgan fingerprint density at radius 1 is 0.250 bits per heavy atom. The summed E-state index contributed by atoms with van der Waals surface area (Å²) in [6.45, 7) is 0. The highest BCUT2D eigenvalue weighted by Crippen LogP contribution is 2.39. The Bertz CT molecular complexity index is 1190. The summed E-state index contributed by atoms with van der Waals surface area (Å²) < 4.78 is 0. The van der Waals surface area contributed by atoms with Crippen LogP contribution in [-0.2, 0) is 25.7 Å². The van der Waals surface area contributed by atoms with E-state index < -0.39 is 0 Å². The van der Waals surface area contributed by atoms with Crippen LogP contribution in [0.15, 0.2) is 48.5 Å². The Labute approximate surface area is 205 Å². The van der Waals surface area contributed by atoms with Crippen molar-refractivity contribution in [1.82, 2.24) is 0 Å². The lowest BCUT2D eigenvalue weighted by atomic mass is 9.85. The Kier molecular flexibility index (Phi) is 5.44. The van der Waals surface area contributed by atoms with Crippen molar-refractivity contribution < 1.29 is 40.9 Å². The van der Waals surface area contributed by atoms with Crippen LogP contribution in [0, 0.1) is 0 Å². The topological polar surface area (TPSA) is 162 Å². The molecule has 4 aromatic rings. The first-order chi connectivity index (χ1) is 17.1. The second-order valence-corrected chi connectivity index (χ2v) is 9.15. The molecule has 0 heterocycles. The quantitative estimate of drug-likeness (QED) is 0.152. The fraction of sp³-hybridized carbons (Fsp3) is 0.143. The number of fused-ring (bicyclic) bond motifs is 4. The highest BCUT2D eigenvalue weighted by molar-refractivity contribution is 5.57. The van der Waals surface area contributed by atoms with Gasteiger partial charge in [-0.1, -0.05) is 0 Å². The molecule has 8 nitrogen and oxygen atoms in total. The smallest absolute Gasteiger partial charge is 0.157 e.